The summed E-state index contributed by atoms with van der Waals surface area (Å²) < 4.78 is 5.18. The van der Waals surface area contributed by atoms with E-state index in [9.17, 15) is 4.79 Å². The molecule has 0 spiro atoms. The Hall–Kier alpha value is -1.57. The van der Waals surface area contributed by atoms with Crippen LogP contribution in [0.2, 0.25) is 0 Å². The van der Waals surface area contributed by atoms with Gasteiger partial charge in [-0.2, -0.15) is 0 Å². The standard InChI is InChI=1S/C19H24O2/c1-21-18-9-6-14(7-10-18)12-17-13-16(8-11-19(17)20)15-4-2-3-5-15/h6-7,9-10,12,15-16H,2-5,8,11,13H2,1H3/b17-12-. The van der Waals surface area contributed by atoms with Gasteiger partial charge in [0.2, 0.25) is 0 Å². The summed E-state index contributed by atoms with van der Waals surface area (Å²) in [5, 5.41) is 0. The first-order valence-corrected chi connectivity index (χ1v) is 8.14. The van der Waals surface area contributed by atoms with Gasteiger partial charge in [-0.1, -0.05) is 37.8 Å². The number of hydrogen-bond acceptors (Lipinski definition) is 2. The number of ether oxygens (including phenoxy) is 1. The SMILES string of the molecule is COc1ccc(/C=C2/CC(C3CCCC3)CCC2=O)cc1. The van der Waals surface area contributed by atoms with Gasteiger partial charge in [-0.25, -0.2) is 0 Å². The van der Waals surface area contributed by atoms with Gasteiger partial charge in [0.25, 0.3) is 0 Å². The molecule has 2 aliphatic rings. The highest BCUT2D eigenvalue weighted by atomic mass is 16.5. The molecule has 21 heavy (non-hydrogen) atoms. The van der Waals surface area contributed by atoms with Crippen LogP contribution in [0.15, 0.2) is 29.8 Å². The molecule has 0 aromatic heterocycles. The van der Waals surface area contributed by atoms with Crippen LogP contribution >= 0.6 is 0 Å². The van der Waals surface area contributed by atoms with Crippen molar-refractivity contribution in [1.82, 2.24) is 0 Å². The Bertz CT molecular complexity index is 521. The minimum absolute atomic E-state index is 0.347. The third-order valence-corrected chi connectivity index (χ3v) is 5.11. The van der Waals surface area contributed by atoms with Crippen molar-refractivity contribution in [3.63, 3.8) is 0 Å². The van der Waals surface area contributed by atoms with Crippen LogP contribution in [-0.4, -0.2) is 12.9 Å². The molecule has 0 amide bonds. The van der Waals surface area contributed by atoms with Gasteiger partial charge in [-0.3, -0.25) is 4.79 Å². The number of carbonyl (C=O) groups excluding carboxylic acids is 1. The molecule has 0 aliphatic heterocycles. The molecule has 1 aromatic carbocycles. The summed E-state index contributed by atoms with van der Waals surface area (Å²) in [5.74, 6) is 2.79. The Balaban J connectivity index is 1.74. The van der Waals surface area contributed by atoms with E-state index in [1.807, 2.05) is 24.3 Å². The molecule has 2 fully saturated rings. The van der Waals surface area contributed by atoms with Crippen molar-refractivity contribution in [3.05, 3.63) is 35.4 Å². The first-order valence-electron chi connectivity index (χ1n) is 8.14. The lowest BCUT2D eigenvalue weighted by atomic mass is 9.76. The molecule has 3 rings (SSSR count). The Morgan fingerprint density at radius 3 is 2.43 bits per heavy atom. The fourth-order valence-corrected chi connectivity index (χ4v) is 3.85. The van der Waals surface area contributed by atoms with Gasteiger partial charge < -0.3 is 4.74 Å². The lowest BCUT2D eigenvalue weighted by Gasteiger charge is -2.28. The zero-order chi connectivity index (χ0) is 14.7. The number of methoxy groups -OCH3 is 1. The summed E-state index contributed by atoms with van der Waals surface area (Å²) in [5.41, 5.74) is 2.13. The molecule has 1 aromatic rings. The monoisotopic (exact) mass is 284 g/mol. The molecule has 0 radical (unpaired) electrons. The van der Waals surface area contributed by atoms with Gasteiger partial charge in [-0.05, 0) is 54.0 Å². The van der Waals surface area contributed by atoms with Gasteiger partial charge in [0.15, 0.2) is 5.78 Å². The largest absolute Gasteiger partial charge is 0.497 e. The molecule has 0 heterocycles. The maximum atomic E-state index is 12.2. The number of allylic oxidation sites excluding steroid dienone is 1. The van der Waals surface area contributed by atoms with Crippen molar-refractivity contribution in [1.29, 1.82) is 0 Å². The number of hydrogen-bond donors (Lipinski definition) is 0. The first kappa shape index (κ1) is 14.4. The predicted octanol–water partition coefficient (Wildman–Crippen LogP) is 4.64. The Kier molecular flexibility index (Phi) is 4.42. The second-order valence-electron chi connectivity index (χ2n) is 6.41. The minimum Gasteiger partial charge on any atom is -0.497 e. The number of benzene rings is 1. The molecule has 0 N–H and O–H groups in total. The van der Waals surface area contributed by atoms with Crippen molar-refractivity contribution in [3.8, 4) is 5.75 Å². The summed E-state index contributed by atoms with van der Waals surface area (Å²) >= 11 is 0. The lowest BCUT2D eigenvalue weighted by Crippen LogP contribution is -2.22. The van der Waals surface area contributed by atoms with Crippen molar-refractivity contribution in [2.75, 3.05) is 7.11 Å². The molecule has 112 valence electrons. The number of Topliss-reactive ketones (excluding diaryl/α,β-unsaturated/α-hetero) is 1. The van der Waals surface area contributed by atoms with Crippen LogP contribution in [0.1, 0.15) is 50.5 Å². The molecule has 2 saturated carbocycles. The molecule has 1 atom stereocenters. The number of carbonyl (C=O) groups is 1. The van der Waals surface area contributed by atoms with Crippen LogP contribution in [0.4, 0.5) is 0 Å². The zero-order valence-corrected chi connectivity index (χ0v) is 12.8. The Morgan fingerprint density at radius 1 is 1.05 bits per heavy atom. The smallest absolute Gasteiger partial charge is 0.158 e. The van der Waals surface area contributed by atoms with E-state index in [4.69, 9.17) is 4.74 Å². The third kappa shape index (κ3) is 3.37. The summed E-state index contributed by atoms with van der Waals surface area (Å²) in [4.78, 5) is 12.2. The molecule has 2 nitrogen and oxygen atoms in total. The summed E-state index contributed by atoms with van der Waals surface area (Å²) in [7, 11) is 1.67. The molecule has 0 bridgehead atoms. The average molecular weight is 284 g/mol. The van der Waals surface area contributed by atoms with E-state index < -0.39 is 0 Å². The van der Waals surface area contributed by atoms with Gasteiger partial charge >= 0.3 is 0 Å². The number of rotatable bonds is 3. The quantitative estimate of drug-likeness (QED) is 0.756. The van der Waals surface area contributed by atoms with Crippen LogP contribution in [0.5, 0.6) is 5.75 Å². The number of ketones is 1. The maximum absolute atomic E-state index is 12.2. The highest BCUT2D eigenvalue weighted by Crippen LogP contribution is 2.40. The Morgan fingerprint density at radius 2 is 1.76 bits per heavy atom. The molecule has 1 unspecified atom stereocenters. The molecular formula is C19H24O2. The van der Waals surface area contributed by atoms with E-state index in [-0.39, 0.29) is 0 Å². The van der Waals surface area contributed by atoms with Gasteiger partial charge in [0, 0.05) is 6.42 Å². The van der Waals surface area contributed by atoms with E-state index in [1.54, 1.807) is 7.11 Å². The van der Waals surface area contributed by atoms with E-state index in [0.717, 1.165) is 48.0 Å². The van der Waals surface area contributed by atoms with Gasteiger partial charge in [-0.15, -0.1) is 0 Å². The highest BCUT2D eigenvalue weighted by Gasteiger charge is 2.30. The van der Waals surface area contributed by atoms with Crippen molar-refractivity contribution in [2.24, 2.45) is 11.8 Å². The fraction of sp³-hybridized carbons (Fsp3) is 0.526. The second kappa shape index (κ2) is 6.46. The fourth-order valence-electron chi connectivity index (χ4n) is 3.85. The van der Waals surface area contributed by atoms with Crippen LogP contribution in [0.3, 0.4) is 0 Å². The van der Waals surface area contributed by atoms with Gasteiger partial charge in [0.05, 0.1) is 7.11 Å². The molecule has 0 saturated heterocycles. The van der Waals surface area contributed by atoms with E-state index in [1.165, 1.54) is 25.7 Å². The predicted molar refractivity (Wildman–Crippen MR) is 85.3 cm³/mol. The highest BCUT2D eigenvalue weighted by molar-refractivity contribution is 6.00. The van der Waals surface area contributed by atoms with E-state index >= 15 is 0 Å². The molecular weight excluding hydrogens is 260 g/mol. The summed E-state index contributed by atoms with van der Waals surface area (Å²) in [6.45, 7) is 0. The van der Waals surface area contributed by atoms with Gasteiger partial charge in [0.1, 0.15) is 5.75 Å². The molecule has 2 aliphatic carbocycles. The van der Waals surface area contributed by atoms with Crippen molar-refractivity contribution in [2.45, 2.75) is 44.9 Å². The normalized spacial score (nSPS) is 25.5. The van der Waals surface area contributed by atoms with E-state index in [2.05, 4.69) is 6.08 Å². The summed E-state index contributed by atoms with van der Waals surface area (Å²) in [6.07, 6.45) is 10.4. The zero-order valence-electron chi connectivity index (χ0n) is 12.8. The van der Waals surface area contributed by atoms with Crippen LogP contribution in [-0.2, 0) is 4.79 Å². The lowest BCUT2D eigenvalue weighted by molar-refractivity contribution is -0.117. The Labute approximate surface area is 127 Å². The maximum Gasteiger partial charge on any atom is 0.158 e. The first-order chi connectivity index (χ1) is 10.3. The average Bonchev–Trinajstić information content (AvgIpc) is 3.04. The molecule has 2 heteroatoms. The van der Waals surface area contributed by atoms with Crippen molar-refractivity contribution < 1.29 is 9.53 Å². The second-order valence-corrected chi connectivity index (χ2v) is 6.41. The minimum atomic E-state index is 0.347. The van der Waals surface area contributed by atoms with Crippen LogP contribution in [0, 0.1) is 11.8 Å². The van der Waals surface area contributed by atoms with Crippen LogP contribution in [0.25, 0.3) is 6.08 Å². The van der Waals surface area contributed by atoms with E-state index in [0.29, 0.717) is 5.78 Å². The summed E-state index contributed by atoms with van der Waals surface area (Å²) in [6, 6.07) is 7.96. The van der Waals surface area contributed by atoms with Crippen LogP contribution < -0.4 is 4.74 Å². The van der Waals surface area contributed by atoms with Crippen molar-refractivity contribution >= 4 is 11.9 Å². The third-order valence-electron chi connectivity index (χ3n) is 5.11. The topological polar surface area (TPSA) is 26.3 Å².